The molecule has 3 unspecified atom stereocenters. The minimum atomic E-state index is -0.714. The molecule has 6 atom stereocenters. The van der Waals surface area contributed by atoms with E-state index in [1.807, 2.05) is 6.08 Å². The SMILES string of the molecule is C=CCCCCOC(=O)[C@H]1[C@H]2C(=O)N(CCO)C(C(=O)N(CC=C)CCCC)C23CC(Br)[C@@H]1S3. The van der Waals surface area contributed by atoms with Gasteiger partial charge in [0.1, 0.15) is 6.04 Å². The number of aliphatic hydroxyl groups excluding tert-OH is 1. The monoisotopic (exact) mass is 556 g/mol. The number of alkyl halides is 1. The molecule has 3 aliphatic rings. The molecular weight excluding hydrogens is 520 g/mol. The van der Waals surface area contributed by atoms with E-state index >= 15 is 0 Å². The van der Waals surface area contributed by atoms with Crippen LogP contribution in [0.15, 0.2) is 25.3 Å². The molecule has 1 spiro atoms. The summed E-state index contributed by atoms with van der Waals surface area (Å²) in [6.07, 6.45) is 8.47. The number of unbranched alkanes of at least 4 members (excludes halogenated alkanes) is 3. The molecule has 0 aromatic rings. The number of esters is 1. The quantitative estimate of drug-likeness (QED) is 0.153. The van der Waals surface area contributed by atoms with Crippen molar-refractivity contribution < 1.29 is 24.2 Å². The number of fused-ring (bicyclic) bond motifs is 1. The van der Waals surface area contributed by atoms with Crippen molar-refractivity contribution in [2.24, 2.45) is 11.8 Å². The number of carbonyl (C=O) groups is 3. The fraction of sp³-hybridized carbons (Fsp3) is 0.720. The zero-order chi connectivity index (χ0) is 24.9. The van der Waals surface area contributed by atoms with Crippen molar-refractivity contribution in [1.29, 1.82) is 0 Å². The highest BCUT2D eigenvalue weighted by Crippen LogP contribution is 2.68. The van der Waals surface area contributed by atoms with E-state index in [0.29, 0.717) is 26.1 Å². The van der Waals surface area contributed by atoms with Gasteiger partial charge in [-0.2, -0.15) is 0 Å². The van der Waals surface area contributed by atoms with Crippen molar-refractivity contribution >= 4 is 45.5 Å². The number of ether oxygens (including phenoxy) is 1. The van der Waals surface area contributed by atoms with Crippen LogP contribution in [0, 0.1) is 11.8 Å². The molecule has 2 amide bonds. The summed E-state index contributed by atoms with van der Waals surface area (Å²) < 4.78 is 4.91. The molecule has 190 valence electrons. The van der Waals surface area contributed by atoms with Crippen LogP contribution in [-0.4, -0.2) is 86.4 Å². The van der Waals surface area contributed by atoms with Crippen LogP contribution in [0.3, 0.4) is 0 Å². The number of hydrogen-bond acceptors (Lipinski definition) is 6. The second kappa shape index (κ2) is 12.1. The predicted octanol–water partition coefficient (Wildman–Crippen LogP) is 3.16. The van der Waals surface area contributed by atoms with E-state index < -0.39 is 22.6 Å². The van der Waals surface area contributed by atoms with Crippen molar-refractivity contribution in [1.82, 2.24) is 9.80 Å². The number of amides is 2. The Balaban J connectivity index is 1.89. The van der Waals surface area contributed by atoms with Crippen molar-refractivity contribution in [3.63, 3.8) is 0 Å². The summed E-state index contributed by atoms with van der Waals surface area (Å²) in [5.74, 6) is -1.91. The van der Waals surface area contributed by atoms with Crippen molar-refractivity contribution in [3.05, 3.63) is 25.3 Å². The maximum absolute atomic E-state index is 13.9. The van der Waals surface area contributed by atoms with Crippen molar-refractivity contribution in [2.75, 3.05) is 32.8 Å². The first kappa shape index (κ1) is 27.3. The molecule has 1 N–H and O–H groups in total. The first-order valence-corrected chi connectivity index (χ1v) is 14.1. The second-order valence-electron chi connectivity index (χ2n) is 9.30. The molecule has 0 aromatic carbocycles. The largest absolute Gasteiger partial charge is 0.465 e. The highest BCUT2D eigenvalue weighted by atomic mass is 79.9. The molecule has 3 saturated heterocycles. The minimum absolute atomic E-state index is 0.00717. The molecule has 2 bridgehead atoms. The summed E-state index contributed by atoms with van der Waals surface area (Å²) >= 11 is 5.34. The van der Waals surface area contributed by atoms with Crippen LogP contribution >= 0.6 is 27.7 Å². The van der Waals surface area contributed by atoms with E-state index in [4.69, 9.17) is 4.74 Å². The Labute approximate surface area is 215 Å². The van der Waals surface area contributed by atoms with Crippen LogP contribution in [0.25, 0.3) is 0 Å². The lowest BCUT2D eigenvalue weighted by molar-refractivity contribution is -0.154. The Hall–Kier alpha value is -1.32. The van der Waals surface area contributed by atoms with Gasteiger partial charge in [-0.15, -0.1) is 24.9 Å². The van der Waals surface area contributed by atoms with Gasteiger partial charge < -0.3 is 19.6 Å². The topological polar surface area (TPSA) is 87.1 Å². The molecule has 3 fully saturated rings. The molecule has 0 aliphatic carbocycles. The third kappa shape index (κ3) is 4.98. The summed E-state index contributed by atoms with van der Waals surface area (Å²) in [4.78, 5) is 44.1. The van der Waals surface area contributed by atoms with Gasteiger partial charge in [0.2, 0.25) is 11.8 Å². The maximum Gasteiger partial charge on any atom is 0.310 e. The van der Waals surface area contributed by atoms with Gasteiger partial charge in [-0.25, -0.2) is 0 Å². The number of hydrogen-bond donors (Lipinski definition) is 1. The van der Waals surface area contributed by atoms with Crippen molar-refractivity contribution in [2.45, 2.75) is 66.3 Å². The van der Waals surface area contributed by atoms with Crippen LogP contribution < -0.4 is 0 Å². The van der Waals surface area contributed by atoms with Gasteiger partial charge in [-0.1, -0.05) is 41.4 Å². The molecule has 7 nitrogen and oxygen atoms in total. The Kier molecular flexibility index (Phi) is 9.69. The molecule has 0 aromatic heterocycles. The zero-order valence-electron chi connectivity index (χ0n) is 20.0. The first-order valence-electron chi connectivity index (χ1n) is 12.3. The van der Waals surface area contributed by atoms with Crippen molar-refractivity contribution in [3.8, 4) is 0 Å². The lowest BCUT2D eigenvalue weighted by Gasteiger charge is -2.37. The van der Waals surface area contributed by atoms with Gasteiger partial charge >= 0.3 is 5.97 Å². The molecule has 3 aliphatic heterocycles. The van der Waals surface area contributed by atoms with Gasteiger partial charge in [-0.3, -0.25) is 14.4 Å². The van der Waals surface area contributed by atoms with Crippen LogP contribution in [0.2, 0.25) is 0 Å². The number of rotatable bonds is 14. The van der Waals surface area contributed by atoms with E-state index in [1.54, 1.807) is 22.7 Å². The standard InChI is InChI=1S/C25H37BrN2O5S/c1-4-7-9-10-15-33-24(32)18-19-22(30)28(13-14-29)21(25(19)16-17(26)20(18)34-25)23(31)27(11-6-3)12-8-5-2/h4,6,17-21,29H,1,3,5,7-16H2,2H3/t17?,18-,19-,20-,21?,25?/m0/s1. The molecule has 3 rings (SSSR count). The van der Waals surface area contributed by atoms with E-state index in [1.165, 1.54) is 4.90 Å². The molecule has 0 radical (unpaired) electrons. The van der Waals surface area contributed by atoms with E-state index in [-0.39, 0.29) is 41.0 Å². The smallest absolute Gasteiger partial charge is 0.310 e. The average Bonchev–Trinajstić information content (AvgIpc) is 3.40. The minimum Gasteiger partial charge on any atom is -0.465 e. The lowest BCUT2D eigenvalue weighted by atomic mass is 9.71. The summed E-state index contributed by atoms with van der Waals surface area (Å²) in [5, 5.41) is 9.60. The second-order valence-corrected chi connectivity index (χ2v) is 12.0. The maximum atomic E-state index is 13.9. The highest BCUT2D eigenvalue weighted by Gasteiger charge is 2.76. The summed E-state index contributed by atoms with van der Waals surface area (Å²) in [5.41, 5.74) is 0. The molecule has 34 heavy (non-hydrogen) atoms. The number of carbonyl (C=O) groups excluding carboxylic acids is 3. The number of β-amino-alcohol motifs (C(OH)–C–C–N with tert-alkyl or cyclic N) is 1. The molecular formula is C25H37BrN2O5S. The van der Waals surface area contributed by atoms with Gasteiger partial charge in [-0.05, 0) is 32.1 Å². The summed E-state index contributed by atoms with van der Waals surface area (Å²) in [6.45, 7) is 10.7. The number of aliphatic hydroxyl groups is 1. The number of thioether (sulfide) groups is 1. The van der Waals surface area contributed by atoms with Crippen LogP contribution in [0.1, 0.15) is 45.4 Å². The lowest BCUT2D eigenvalue weighted by Crippen LogP contribution is -2.55. The van der Waals surface area contributed by atoms with Crippen LogP contribution in [0.4, 0.5) is 0 Å². The van der Waals surface area contributed by atoms with Gasteiger partial charge in [0.25, 0.3) is 0 Å². The molecule has 0 saturated carbocycles. The number of nitrogens with zero attached hydrogens (tertiary/aromatic N) is 2. The molecule has 9 heteroatoms. The predicted molar refractivity (Wildman–Crippen MR) is 138 cm³/mol. The Morgan fingerprint density at radius 1 is 1.32 bits per heavy atom. The summed E-state index contributed by atoms with van der Waals surface area (Å²) in [7, 11) is 0. The van der Waals surface area contributed by atoms with Gasteiger partial charge in [0, 0.05) is 29.7 Å². The first-order chi connectivity index (χ1) is 16.4. The van der Waals surface area contributed by atoms with Gasteiger partial charge in [0.05, 0.1) is 29.8 Å². The zero-order valence-corrected chi connectivity index (χ0v) is 22.4. The average molecular weight is 558 g/mol. The fourth-order valence-corrected chi connectivity index (χ4v) is 9.25. The van der Waals surface area contributed by atoms with E-state index in [9.17, 15) is 19.5 Å². The highest BCUT2D eigenvalue weighted by molar-refractivity contribution is 9.09. The summed E-state index contributed by atoms with van der Waals surface area (Å²) in [6, 6.07) is -0.714. The number of allylic oxidation sites excluding steroid dienone is 1. The third-order valence-corrected chi connectivity index (χ3v) is 10.3. The number of halogens is 1. The van der Waals surface area contributed by atoms with E-state index in [2.05, 4.69) is 36.0 Å². The Morgan fingerprint density at radius 2 is 2.09 bits per heavy atom. The normalized spacial score (nSPS) is 31.4. The Bertz CT molecular complexity index is 795. The van der Waals surface area contributed by atoms with E-state index in [0.717, 1.165) is 32.1 Å². The number of likely N-dealkylation sites (tertiary alicyclic amines) is 1. The molecule has 3 heterocycles. The third-order valence-electron chi connectivity index (χ3n) is 7.13. The fourth-order valence-electron chi connectivity index (χ4n) is 5.66. The Morgan fingerprint density at radius 3 is 2.74 bits per heavy atom. The van der Waals surface area contributed by atoms with Gasteiger partial charge in [0.15, 0.2) is 0 Å². The van der Waals surface area contributed by atoms with Crippen LogP contribution in [0.5, 0.6) is 0 Å². The van der Waals surface area contributed by atoms with Crippen LogP contribution in [-0.2, 0) is 19.1 Å².